The summed E-state index contributed by atoms with van der Waals surface area (Å²) >= 11 is 0. The molecule has 0 saturated heterocycles. The minimum atomic E-state index is -4.48. The summed E-state index contributed by atoms with van der Waals surface area (Å²) < 4.78 is 39.4. The zero-order valence-electron chi connectivity index (χ0n) is 21.0. The van der Waals surface area contributed by atoms with Gasteiger partial charge in [-0.25, -0.2) is 4.99 Å². The quantitative estimate of drug-likeness (QED) is 0.497. The number of nitrogens with one attached hydrogen (secondary N) is 1. The van der Waals surface area contributed by atoms with E-state index < -0.39 is 41.7 Å². The van der Waals surface area contributed by atoms with E-state index in [1.807, 2.05) is 6.92 Å². The largest absolute Gasteiger partial charge is 0.416 e. The number of amides is 2. The van der Waals surface area contributed by atoms with Gasteiger partial charge < -0.3 is 15.3 Å². The Balaban J connectivity index is 1.68. The molecule has 0 bridgehead atoms. The molecular formula is C28H32F3N3O3. The first-order chi connectivity index (χ1) is 17.6. The first-order valence-corrected chi connectivity index (χ1v) is 12.7. The number of halogens is 3. The first-order valence-electron chi connectivity index (χ1n) is 12.7. The average molecular weight is 516 g/mol. The van der Waals surface area contributed by atoms with Crippen molar-refractivity contribution in [1.29, 1.82) is 0 Å². The summed E-state index contributed by atoms with van der Waals surface area (Å²) in [5.41, 5.74) is 0.992. The van der Waals surface area contributed by atoms with Crippen molar-refractivity contribution in [3.05, 3.63) is 65.2 Å². The number of alkyl halides is 3. The molecule has 1 fully saturated rings. The summed E-state index contributed by atoms with van der Waals surface area (Å²) in [6.07, 6.45) is -1.86. The van der Waals surface area contributed by atoms with Gasteiger partial charge in [-0.1, -0.05) is 62.9 Å². The van der Waals surface area contributed by atoms with Crippen LogP contribution in [-0.4, -0.2) is 41.9 Å². The van der Waals surface area contributed by atoms with Gasteiger partial charge in [0.2, 0.25) is 12.1 Å². The lowest BCUT2D eigenvalue weighted by Gasteiger charge is -2.25. The second-order valence-corrected chi connectivity index (χ2v) is 9.87. The number of hydrogen-bond donors (Lipinski definition) is 2. The molecule has 9 heteroatoms. The second-order valence-electron chi connectivity index (χ2n) is 9.87. The molecule has 6 nitrogen and oxygen atoms in total. The number of benzene rings is 2. The number of rotatable bonds is 9. The molecule has 4 rings (SSSR count). The molecule has 1 aliphatic heterocycles. The Bertz CT molecular complexity index is 1160. The van der Waals surface area contributed by atoms with E-state index in [-0.39, 0.29) is 0 Å². The van der Waals surface area contributed by atoms with Crippen molar-refractivity contribution < 1.29 is 27.9 Å². The molecule has 3 atom stereocenters. The van der Waals surface area contributed by atoms with Gasteiger partial charge in [0.15, 0.2) is 0 Å². The smallest absolute Gasteiger partial charge is 0.392 e. The fraction of sp³-hybridized carbons (Fsp3) is 0.464. The predicted molar refractivity (Wildman–Crippen MR) is 135 cm³/mol. The molecule has 1 aliphatic carbocycles. The number of fused-ring (bicyclic) bond motifs is 1. The normalized spacial score (nSPS) is 19.5. The first kappa shape index (κ1) is 26.9. The van der Waals surface area contributed by atoms with Crippen LogP contribution in [0, 0.1) is 11.8 Å². The number of anilines is 1. The summed E-state index contributed by atoms with van der Waals surface area (Å²) in [5, 5.41) is 13.5. The van der Waals surface area contributed by atoms with E-state index in [0.29, 0.717) is 41.3 Å². The van der Waals surface area contributed by atoms with Gasteiger partial charge in [0.05, 0.1) is 29.0 Å². The zero-order chi connectivity index (χ0) is 26.7. The van der Waals surface area contributed by atoms with E-state index in [4.69, 9.17) is 0 Å². The van der Waals surface area contributed by atoms with Gasteiger partial charge >= 0.3 is 6.18 Å². The highest BCUT2D eigenvalue weighted by atomic mass is 19.4. The van der Waals surface area contributed by atoms with Crippen molar-refractivity contribution in [1.82, 2.24) is 5.32 Å². The summed E-state index contributed by atoms with van der Waals surface area (Å²) in [5.74, 6) is -1.19. The number of carbonyl (C=O) groups excluding carboxylic acids is 2. The highest BCUT2D eigenvalue weighted by Gasteiger charge is 2.37. The number of aliphatic hydroxyl groups excluding tert-OH is 1. The maximum absolute atomic E-state index is 13.4. The Kier molecular flexibility index (Phi) is 8.02. The Morgan fingerprint density at radius 1 is 1.16 bits per heavy atom. The fourth-order valence-corrected chi connectivity index (χ4v) is 4.67. The number of unbranched alkanes of at least 4 members (excludes halogenated alkanes) is 1. The molecule has 2 aromatic rings. The molecular weight excluding hydrogens is 483 g/mol. The van der Waals surface area contributed by atoms with Gasteiger partial charge in [-0.3, -0.25) is 9.59 Å². The van der Waals surface area contributed by atoms with E-state index in [1.165, 1.54) is 17.0 Å². The predicted octanol–water partition coefficient (Wildman–Crippen LogP) is 4.93. The number of para-hydroxylation sites is 1. The Labute approximate surface area is 214 Å². The molecule has 0 spiro atoms. The number of likely N-dealkylation sites (N-methyl/N-ethyl adjacent to an activating group) is 1. The number of benzodiazepines with no additional fused rings is 1. The average Bonchev–Trinajstić information content (AvgIpc) is 3.71. The molecule has 3 unspecified atom stereocenters. The minimum absolute atomic E-state index is 0.303. The van der Waals surface area contributed by atoms with E-state index >= 15 is 0 Å². The molecule has 2 N–H and O–H groups in total. The van der Waals surface area contributed by atoms with Gasteiger partial charge in [-0.2, -0.15) is 13.2 Å². The van der Waals surface area contributed by atoms with E-state index in [0.717, 1.165) is 37.8 Å². The van der Waals surface area contributed by atoms with Crippen LogP contribution < -0.4 is 10.2 Å². The summed E-state index contributed by atoms with van der Waals surface area (Å²) in [6.45, 7) is 2.01. The van der Waals surface area contributed by atoms with E-state index in [9.17, 15) is 27.9 Å². The van der Waals surface area contributed by atoms with Crippen molar-refractivity contribution in [3.63, 3.8) is 0 Å². The fourth-order valence-electron chi connectivity index (χ4n) is 4.67. The van der Waals surface area contributed by atoms with Crippen molar-refractivity contribution in [2.45, 2.75) is 63.9 Å². The minimum Gasteiger partial charge on any atom is -0.392 e. The maximum Gasteiger partial charge on any atom is 0.416 e. The Hall–Kier alpha value is -3.20. The highest BCUT2D eigenvalue weighted by molar-refractivity contribution is 6.20. The summed E-state index contributed by atoms with van der Waals surface area (Å²) in [6, 6.07) is 11.5. The van der Waals surface area contributed by atoms with Gasteiger partial charge in [0.1, 0.15) is 0 Å². The van der Waals surface area contributed by atoms with Gasteiger partial charge in [-0.05, 0) is 37.0 Å². The van der Waals surface area contributed by atoms with Crippen LogP contribution in [0.2, 0.25) is 0 Å². The number of nitrogens with zero attached hydrogens (tertiary/aromatic N) is 2. The third-order valence-corrected chi connectivity index (χ3v) is 7.05. The summed E-state index contributed by atoms with van der Waals surface area (Å²) in [4.78, 5) is 32.7. The third-order valence-electron chi connectivity index (χ3n) is 7.05. The molecule has 2 amide bonds. The number of hydrogen-bond acceptors (Lipinski definition) is 4. The van der Waals surface area contributed by atoms with Crippen LogP contribution in [0.1, 0.15) is 62.1 Å². The molecule has 1 heterocycles. The second kappa shape index (κ2) is 11.0. The number of carbonyl (C=O) groups is 2. The topological polar surface area (TPSA) is 82.0 Å². The van der Waals surface area contributed by atoms with E-state index in [2.05, 4.69) is 10.3 Å². The highest BCUT2D eigenvalue weighted by Crippen LogP contribution is 2.37. The van der Waals surface area contributed by atoms with Crippen LogP contribution in [0.25, 0.3) is 0 Å². The molecule has 2 aliphatic rings. The molecule has 0 radical (unpaired) electrons. The van der Waals surface area contributed by atoms with Crippen molar-refractivity contribution in [2.24, 2.45) is 16.8 Å². The van der Waals surface area contributed by atoms with Gasteiger partial charge in [0, 0.05) is 18.2 Å². The SMILES string of the molecule is CCCCC(O)C(CC1CC1)C(=O)NC1N=C(c2ccc(C(F)(F)F)cc2)c2ccccc2N(C)C1=O. The molecule has 1 saturated carbocycles. The molecule has 198 valence electrons. The number of aliphatic hydroxyl groups is 1. The van der Waals surface area contributed by atoms with Crippen LogP contribution in [0.3, 0.4) is 0 Å². The molecule has 0 aromatic heterocycles. The Morgan fingerprint density at radius 2 is 1.84 bits per heavy atom. The van der Waals surface area contributed by atoms with Crippen LogP contribution >= 0.6 is 0 Å². The monoisotopic (exact) mass is 515 g/mol. The lowest BCUT2D eigenvalue weighted by molar-refractivity contribution is -0.137. The standard InChI is InChI=1S/C28H32F3N3O3/c1-3-4-9-23(35)21(16-17-10-11-17)26(36)33-25-27(37)34(2)22-8-6-5-7-20(22)24(32-25)18-12-14-19(15-13-18)28(29,30)31/h5-8,12-15,17,21,23,25,35H,3-4,9-11,16H2,1-2H3,(H,33,36). The zero-order valence-corrected chi connectivity index (χ0v) is 21.0. The Morgan fingerprint density at radius 3 is 2.46 bits per heavy atom. The lowest BCUT2D eigenvalue weighted by Crippen LogP contribution is -2.49. The number of aliphatic imine (C=N–C) groups is 1. The van der Waals surface area contributed by atoms with Crippen LogP contribution in [0.15, 0.2) is 53.5 Å². The van der Waals surface area contributed by atoms with Crippen LogP contribution in [0.5, 0.6) is 0 Å². The molecule has 2 aromatic carbocycles. The molecule has 37 heavy (non-hydrogen) atoms. The van der Waals surface area contributed by atoms with Gasteiger partial charge in [0.25, 0.3) is 5.91 Å². The van der Waals surface area contributed by atoms with Crippen LogP contribution in [-0.2, 0) is 15.8 Å². The third kappa shape index (κ3) is 6.21. The van der Waals surface area contributed by atoms with Crippen molar-refractivity contribution in [2.75, 3.05) is 11.9 Å². The van der Waals surface area contributed by atoms with Crippen molar-refractivity contribution in [3.8, 4) is 0 Å². The van der Waals surface area contributed by atoms with Crippen LogP contribution in [0.4, 0.5) is 18.9 Å². The summed E-state index contributed by atoms with van der Waals surface area (Å²) in [7, 11) is 1.57. The lowest BCUT2D eigenvalue weighted by atomic mass is 9.91. The van der Waals surface area contributed by atoms with Crippen molar-refractivity contribution >= 4 is 23.2 Å². The van der Waals surface area contributed by atoms with Gasteiger partial charge in [-0.15, -0.1) is 0 Å². The maximum atomic E-state index is 13.4. The van der Waals surface area contributed by atoms with E-state index in [1.54, 1.807) is 31.3 Å².